The lowest BCUT2D eigenvalue weighted by atomic mass is 10.2. The first-order valence-electron chi connectivity index (χ1n) is 8.40. The van der Waals surface area contributed by atoms with Gasteiger partial charge in [0.25, 0.3) is 0 Å². The van der Waals surface area contributed by atoms with Crippen LogP contribution in [0.5, 0.6) is 0 Å². The summed E-state index contributed by atoms with van der Waals surface area (Å²) in [6.07, 6.45) is -2.10. The summed E-state index contributed by atoms with van der Waals surface area (Å²) in [4.78, 5) is 0. The van der Waals surface area contributed by atoms with Gasteiger partial charge in [0.15, 0.2) is 10.8 Å². The van der Waals surface area contributed by atoms with Crippen molar-refractivity contribution >= 4 is 50.5 Å². The molecule has 3 rings (SSSR count). The number of thiocarbonyl (C=S) groups is 1. The summed E-state index contributed by atoms with van der Waals surface area (Å²) < 4.78 is 40.9. The third kappa shape index (κ3) is 5.14. The molecular formula is C17H17BrClF3N4S. The third-order valence-electron chi connectivity index (χ3n) is 4.12. The molecule has 10 heteroatoms. The van der Waals surface area contributed by atoms with Crippen LogP contribution in [0.25, 0.3) is 0 Å². The van der Waals surface area contributed by atoms with E-state index in [1.54, 1.807) is 12.1 Å². The molecule has 1 fully saturated rings. The molecule has 0 saturated heterocycles. The van der Waals surface area contributed by atoms with Crippen LogP contribution >= 0.6 is 39.7 Å². The second-order valence-electron chi connectivity index (χ2n) is 6.26. The lowest BCUT2D eigenvalue weighted by Gasteiger charge is -2.12. The van der Waals surface area contributed by atoms with Crippen molar-refractivity contribution in [3.63, 3.8) is 0 Å². The fourth-order valence-corrected chi connectivity index (χ4v) is 3.94. The van der Waals surface area contributed by atoms with Gasteiger partial charge in [-0.05, 0) is 59.5 Å². The quantitative estimate of drug-likeness (QED) is 0.418. The molecule has 0 spiro atoms. The second kappa shape index (κ2) is 8.36. The van der Waals surface area contributed by atoms with Gasteiger partial charge in [0, 0.05) is 19.0 Å². The molecule has 1 saturated carbocycles. The molecular weight excluding hydrogens is 465 g/mol. The molecule has 1 aromatic carbocycles. The van der Waals surface area contributed by atoms with E-state index in [4.69, 9.17) is 23.8 Å². The van der Waals surface area contributed by atoms with E-state index in [2.05, 4.69) is 31.7 Å². The maximum absolute atomic E-state index is 13.1. The summed E-state index contributed by atoms with van der Waals surface area (Å²) in [7, 11) is 0. The zero-order valence-electron chi connectivity index (χ0n) is 14.1. The maximum atomic E-state index is 13.1. The topological polar surface area (TPSA) is 41.9 Å². The van der Waals surface area contributed by atoms with Gasteiger partial charge in [-0.2, -0.15) is 18.3 Å². The number of nitrogens with one attached hydrogen (secondary N) is 2. The molecule has 4 nitrogen and oxygen atoms in total. The first-order valence-corrected chi connectivity index (χ1v) is 9.98. The summed E-state index contributed by atoms with van der Waals surface area (Å²) in [6.45, 7) is 0.876. The molecule has 1 aliphatic carbocycles. The van der Waals surface area contributed by atoms with Gasteiger partial charge in [0.05, 0.1) is 20.9 Å². The smallest absolute Gasteiger partial charge is 0.362 e. The number of halogens is 5. The lowest BCUT2D eigenvalue weighted by Crippen LogP contribution is -2.30. The minimum Gasteiger partial charge on any atom is -0.362 e. The van der Waals surface area contributed by atoms with Crippen molar-refractivity contribution in [2.45, 2.75) is 37.9 Å². The van der Waals surface area contributed by atoms with Crippen molar-refractivity contribution in [3.8, 4) is 0 Å². The Labute approximate surface area is 173 Å². The monoisotopic (exact) mass is 480 g/mol. The van der Waals surface area contributed by atoms with Crippen LogP contribution in [-0.2, 0) is 12.7 Å². The normalized spacial score (nSPS) is 14.3. The lowest BCUT2D eigenvalue weighted by molar-refractivity contribution is -0.142. The van der Waals surface area contributed by atoms with Gasteiger partial charge in [-0.3, -0.25) is 4.68 Å². The predicted octanol–water partition coefficient (Wildman–Crippen LogP) is 5.57. The first kappa shape index (κ1) is 20.4. The van der Waals surface area contributed by atoms with E-state index < -0.39 is 11.9 Å². The van der Waals surface area contributed by atoms with Gasteiger partial charge in [-0.1, -0.05) is 23.7 Å². The highest BCUT2D eigenvalue weighted by atomic mass is 79.9. The van der Waals surface area contributed by atoms with Crippen LogP contribution in [0.3, 0.4) is 0 Å². The Hall–Kier alpha value is -1.32. The van der Waals surface area contributed by atoms with Crippen LogP contribution in [0.1, 0.15) is 36.6 Å². The summed E-state index contributed by atoms with van der Waals surface area (Å²) in [5, 5.41) is 10.8. The first-order chi connectivity index (χ1) is 12.8. The Bertz CT molecular complexity index is 836. The Morgan fingerprint density at radius 1 is 1.33 bits per heavy atom. The number of anilines is 1. The fourth-order valence-electron chi connectivity index (χ4n) is 2.71. The summed E-state index contributed by atoms with van der Waals surface area (Å²) in [6, 6.07) is 7.21. The summed E-state index contributed by atoms with van der Waals surface area (Å²) >= 11 is 14.4. The number of rotatable bonds is 6. The molecule has 1 aromatic heterocycles. The van der Waals surface area contributed by atoms with E-state index in [0.29, 0.717) is 41.0 Å². The highest BCUT2D eigenvalue weighted by molar-refractivity contribution is 9.10. The van der Waals surface area contributed by atoms with Crippen LogP contribution in [-0.4, -0.2) is 21.4 Å². The van der Waals surface area contributed by atoms with E-state index in [9.17, 15) is 13.2 Å². The molecule has 0 aliphatic heterocycles. The Balaban J connectivity index is 1.55. The molecule has 0 amide bonds. The molecule has 1 heterocycles. The van der Waals surface area contributed by atoms with E-state index in [-0.39, 0.29) is 10.4 Å². The number of hydrogen-bond donors (Lipinski definition) is 2. The van der Waals surface area contributed by atoms with Gasteiger partial charge in [0.1, 0.15) is 0 Å². The van der Waals surface area contributed by atoms with Crippen LogP contribution in [0, 0.1) is 0 Å². The van der Waals surface area contributed by atoms with Crippen LogP contribution in [0.15, 0.2) is 28.7 Å². The third-order valence-corrected chi connectivity index (χ3v) is 5.48. The van der Waals surface area contributed by atoms with Crippen LogP contribution in [0.2, 0.25) is 5.02 Å². The minimum absolute atomic E-state index is 0.0707. The molecule has 1 aliphatic rings. The van der Waals surface area contributed by atoms with Gasteiger partial charge in [0.2, 0.25) is 0 Å². The van der Waals surface area contributed by atoms with Gasteiger partial charge in [-0.15, -0.1) is 0 Å². The zero-order chi connectivity index (χ0) is 19.6. The van der Waals surface area contributed by atoms with Crippen molar-refractivity contribution in [1.29, 1.82) is 0 Å². The van der Waals surface area contributed by atoms with Crippen molar-refractivity contribution in [2.75, 3.05) is 11.9 Å². The number of alkyl halides is 3. The number of para-hydroxylation sites is 1. The highest BCUT2D eigenvalue weighted by Gasteiger charge is 2.41. The molecule has 146 valence electrons. The van der Waals surface area contributed by atoms with Gasteiger partial charge in [-0.25, -0.2) is 0 Å². The predicted molar refractivity (Wildman–Crippen MR) is 107 cm³/mol. The Morgan fingerprint density at radius 2 is 2.04 bits per heavy atom. The Kier molecular flexibility index (Phi) is 6.32. The van der Waals surface area contributed by atoms with Crippen molar-refractivity contribution in [2.24, 2.45) is 0 Å². The standard InChI is InChI=1S/C17H17BrClF3N4S/c18-13-14(10-6-7-10)26(25-15(13)17(20,21)22)9-3-8-23-16(27)24-12-5-2-1-4-11(12)19/h1-2,4-5,10H,3,6-9H2,(H2,23,24,27). The SMILES string of the molecule is FC(F)(F)c1nn(CCCNC(=S)Nc2ccccc2Cl)c(C2CC2)c1Br. The van der Waals surface area contributed by atoms with E-state index in [1.165, 1.54) is 4.68 Å². The molecule has 0 atom stereocenters. The average molecular weight is 482 g/mol. The number of aryl methyl sites for hydroxylation is 1. The minimum atomic E-state index is -4.47. The van der Waals surface area contributed by atoms with E-state index in [0.717, 1.165) is 12.8 Å². The Morgan fingerprint density at radius 3 is 2.67 bits per heavy atom. The van der Waals surface area contributed by atoms with Crippen LogP contribution in [0.4, 0.5) is 18.9 Å². The summed E-state index contributed by atoms with van der Waals surface area (Å²) in [5.41, 5.74) is 0.478. The second-order valence-corrected chi connectivity index (χ2v) is 7.87. The van der Waals surface area contributed by atoms with Crippen molar-refractivity contribution < 1.29 is 13.2 Å². The number of hydrogen-bond acceptors (Lipinski definition) is 2. The van der Waals surface area contributed by atoms with E-state index in [1.807, 2.05) is 12.1 Å². The fraction of sp³-hybridized carbons (Fsp3) is 0.412. The summed E-state index contributed by atoms with van der Waals surface area (Å²) in [5.74, 6) is 0.152. The van der Waals surface area contributed by atoms with Crippen LogP contribution < -0.4 is 10.6 Å². The molecule has 0 bridgehead atoms. The van der Waals surface area contributed by atoms with Gasteiger partial charge < -0.3 is 10.6 Å². The number of aromatic nitrogens is 2. The number of benzene rings is 1. The zero-order valence-corrected chi connectivity index (χ0v) is 17.3. The van der Waals surface area contributed by atoms with E-state index >= 15 is 0 Å². The molecule has 27 heavy (non-hydrogen) atoms. The maximum Gasteiger partial charge on any atom is 0.436 e. The number of nitrogens with zero attached hydrogens (tertiary/aromatic N) is 2. The molecule has 2 aromatic rings. The van der Waals surface area contributed by atoms with Crippen molar-refractivity contribution in [1.82, 2.24) is 15.1 Å². The molecule has 0 unspecified atom stereocenters. The average Bonchev–Trinajstić information content (AvgIpc) is 3.36. The van der Waals surface area contributed by atoms with Crippen molar-refractivity contribution in [3.05, 3.63) is 45.1 Å². The largest absolute Gasteiger partial charge is 0.436 e. The highest BCUT2D eigenvalue weighted by Crippen LogP contribution is 2.46. The van der Waals surface area contributed by atoms with Gasteiger partial charge >= 0.3 is 6.18 Å². The molecule has 0 radical (unpaired) electrons. The molecule has 2 N–H and O–H groups in total.